The maximum Gasteiger partial charge on any atom is 0.257 e. The Hall–Kier alpha value is -3.74. The molecule has 7 nitrogen and oxygen atoms in total. The number of furan rings is 1. The minimum absolute atomic E-state index is 0.134. The van der Waals surface area contributed by atoms with Crippen molar-refractivity contribution in [2.24, 2.45) is 0 Å². The van der Waals surface area contributed by atoms with Gasteiger partial charge in [0.25, 0.3) is 5.91 Å². The Morgan fingerprint density at radius 1 is 0.967 bits per heavy atom. The van der Waals surface area contributed by atoms with E-state index in [2.05, 4.69) is 5.32 Å². The first-order chi connectivity index (χ1) is 14.7. The molecule has 154 valence electrons. The first-order valence-electron chi connectivity index (χ1n) is 9.69. The second-order valence-electron chi connectivity index (χ2n) is 6.94. The van der Waals surface area contributed by atoms with Gasteiger partial charge in [0, 0.05) is 26.1 Å². The summed E-state index contributed by atoms with van der Waals surface area (Å²) in [6.45, 7) is 1.31. The van der Waals surface area contributed by atoms with Crippen molar-refractivity contribution in [2.45, 2.75) is 19.5 Å². The number of ether oxygens (including phenoxy) is 2. The zero-order chi connectivity index (χ0) is 20.8. The van der Waals surface area contributed by atoms with Crippen molar-refractivity contribution in [1.82, 2.24) is 10.2 Å². The van der Waals surface area contributed by atoms with E-state index in [4.69, 9.17) is 13.9 Å². The number of nitrogens with one attached hydrogen (secondary N) is 1. The molecule has 3 aromatic rings. The summed E-state index contributed by atoms with van der Waals surface area (Å²) in [4.78, 5) is 26.9. The average Bonchev–Trinajstić information content (AvgIpc) is 3.47. The van der Waals surface area contributed by atoms with Crippen LogP contribution in [0, 0.1) is 0 Å². The van der Waals surface area contributed by atoms with Crippen molar-refractivity contribution < 1.29 is 23.5 Å². The van der Waals surface area contributed by atoms with Gasteiger partial charge in [0.2, 0.25) is 12.7 Å². The van der Waals surface area contributed by atoms with Gasteiger partial charge in [-0.25, -0.2) is 0 Å². The van der Waals surface area contributed by atoms with Gasteiger partial charge in [-0.1, -0.05) is 36.4 Å². The highest BCUT2D eigenvalue weighted by molar-refractivity contribution is 5.94. The number of hydrogen-bond donors (Lipinski definition) is 1. The van der Waals surface area contributed by atoms with Crippen LogP contribution in [0.25, 0.3) is 0 Å². The molecule has 0 radical (unpaired) electrons. The smallest absolute Gasteiger partial charge is 0.257 e. The van der Waals surface area contributed by atoms with E-state index in [1.165, 1.54) is 12.5 Å². The lowest BCUT2D eigenvalue weighted by molar-refractivity contribution is -0.121. The first kappa shape index (κ1) is 19.6. The highest BCUT2D eigenvalue weighted by Crippen LogP contribution is 2.32. The number of carbonyl (C=O) groups is 2. The number of rotatable bonds is 8. The summed E-state index contributed by atoms with van der Waals surface area (Å²) < 4.78 is 15.7. The fourth-order valence-corrected chi connectivity index (χ4v) is 3.20. The van der Waals surface area contributed by atoms with Crippen molar-refractivity contribution in [3.8, 4) is 11.5 Å². The topological polar surface area (TPSA) is 81.0 Å². The molecule has 4 rings (SSSR count). The number of nitrogens with zero attached hydrogens (tertiary/aromatic N) is 1. The Balaban J connectivity index is 1.34. The van der Waals surface area contributed by atoms with E-state index in [1.807, 2.05) is 48.5 Å². The van der Waals surface area contributed by atoms with Crippen LogP contribution in [0.5, 0.6) is 11.5 Å². The van der Waals surface area contributed by atoms with Crippen molar-refractivity contribution in [1.29, 1.82) is 0 Å². The number of hydrogen-bond acceptors (Lipinski definition) is 5. The Morgan fingerprint density at radius 2 is 1.80 bits per heavy atom. The second kappa shape index (κ2) is 9.17. The van der Waals surface area contributed by atoms with Gasteiger partial charge < -0.3 is 24.1 Å². The highest BCUT2D eigenvalue weighted by Gasteiger charge is 2.19. The third kappa shape index (κ3) is 4.81. The molecule has 0 saturated carbocycles. The number of benzene rings is 2. The molecule has 2 amide bonds. The number of fused-ring (bicyclic) bond motifs is 1. The van der Waals surface area contributed by atoms with Gasteiger partial charge >= 0.3 is 0 Å². The lowest BCUT2D eigenvalue weighted by atomic mass is 10.2. The van der Waals surface area contributed by atoms with Gasteiger partial charge in [0.15, 0.2) is 11.5 Å². The van der Waals surface area contributed by atoms with Crippen LogP contribution in [0.3, 0.4) is 0 Å². The molecule has 1 N–H and O–H groups in total. The Labute approximate surface area is 174 Å². The number of carbonyl (C=O) groups excluding carboxylic acids is 2. The molecule has 1 aliphatic rings. The summed E-state index contributed by atoms with van der Waals surface area (Å²) in [6, 6.07) is 16.9. The summed E-state index contributed by atoms with van der Waals surface area (Å²) in [7, 11) is 0. The first-order valence-corrected chi connectivity index (χ1v) is 9.69. The largest absolute Gasteiger partial charge is 0.472 e. The molecule has 0 fully saturated rings. The fourth-order valence-electron chi connectivity index (χ4n) is 3.20. The van der Waals surface area contributed by atoms with Crippen LogP contribution in [-0.4, -0.2) is 30.1 Å². The normalized spacial score (nSPS) is 11.9. The molecule has 7 heteroatoms. The van der Waals surface area contributed by atoms with Crippen LogP contribution in [-0.2, 0) is 17.9 Å². The maximum atomic E-state index is 12.8. The molecule has 2 aromatic carbocycles. The average molecular weight is 406 g/mol. The van der Waals surface area contributed by atoms with Crippen LogP contribution in [0.15, 0.2) is 71.5 Å². The Bertz CT molecular complexity index is 1000. The van der Waals surface area contributed by atoms with Gasteiger partial charge in [-0.2, -0.15) is 0 Å². The molecule has 1 aromatic heterocycles. The van der Waals surface area contributed by atoms with E-state index < -0.39 is 0 Å². The number of amides is 2. The summed E-state index contributed by atoms with van der Waals surface area (Å²) in [5.41, 5.74) is 2.38. The summed E-state index contributed by atoms with van der Waals surface area (Å²) in [5, 5.41) is 2.89. The predicted molar refractivity (Wildman–Crippen MR) is 109 cm³/mol. The van der Waals surface area contributed by atoms with E-state index in [-0.39, 0.29) is 25.0 Å². The van der Waals surface area contributed by atoms with Crippen molar-refractivity contribution in [3.63, 3.8) is 0 Å². The monoisotopic (exact) mass is 406 g/mol. The quantitative estimate of drug-likeness (QED) is 0.620. The van der Waals surface area contributed by atoms with Crippen LogP contribution in [0.2, 0.25) is 0 Å². The lowest BCUT2D eigenvalue weighted by Gasteiger charge is -2.22. The molecular formula is C23H22N2O5. The van der Waals surface area contributed by atoms with Crippen molar-refractivity contribution in [3.05, 3.63) is 83.8 Å². The molecule has 0 aliphatic carbocycles. The van der Waals surface area contributed by atoms with Gasteiger partial charge in [0.05, 0.1) is 11.8 Å². The molecule has 0 spiro atoms. The molecule has 0 saturated heterocycles. The van der Waals surface area contributed by atoms with Gasteiger partial charge in [-0.15, -0.1) is 0 Å². The van der Waals surface area contributed by atoms with E-state index in [0.29, 0.717) is 36.7 Å². The highest BCUT2D eigenvalue weighted by atomic mass is 16.7. The molecular weight excluding hydrogens is 384 g/mol. The molecule has 0 bridgehead atoms. The molecule has 2 heterocycles. The fraction of sp³-hybridized carbons (Fsp3) is 0.217. The van der Waals surface area contributed by atoms with E-state index in [0.717, 1.165) is 11.1 Å². The zero-order valence-corrected chi connectivity index (χ0v) is 16.4. The van der Waals surface area contributed by atoms with Crippen LogP contribution in [0.4, 0.5) is 0 Å². The van der Waals surface area contributed by atoms with E-state index in [9.17, 15) is 9.59 Å². The molecule has 1 aliphatic heterocycles. The van der Waals surface area contributed by atoms with Gasteiger partial charge in [-0.05, 0) is 29.3 Å². The lowest BCUT2D eigenvalue weighted by Crippen LogP contribution is -2.34. The van der Waals surface area contributed by atoms with Gasteiger partial charge in [0.1, 0.15) is 6.26 Å². The van der Waals surface area contributed by atoms with Crippen LogP contribution >= 0.6 is 0 Å². The van der Waals surface area contributed by atoms with Crippen molar-refractivity contribution >= 4 is 11.8 Å². The minimum Gasteiger partial charge on any atom is -0.472 e. The summed E-state index contributed by atoms with van der Waals surface area (Å²) in [6.07, 6.45) is 3.08. The SMILES string of the molecule is O=C(CCN(Cc1ccccc1)C(=O)c1ccoc1)NCc1ccc2c(c1)OCO2. The molecule has 30 heavy (non-hydrogen) atoms. The Kier molecular flexibility index (Phi) is 5.98. The third-order valence-electron chi connectivity index (χ3n) is 4.81. The maximum absolute atomic E-state index is 12.8. The zero-order valence-electron chi connectivity index (χ0n) is 16.4. The summed E-state index contributed by atoms with van der Waals surface area (Å²) in [5.74, 6) is 1.09. The summed E-state index contributed by atoms with van der Waals surface area (Å²) >= 11 is 0. The third-order valence-corrected chi connectivity index (χ3v) is 4.81. The Morgan fingerprint density at radius 3 is 2.60 bits per heavy atom. The minimum atomic E-state index is -0.170. The standard InChI is InChI=1S/C23H22N2O5/c26-22(24-13-18-6-7-20-21(12-18)30-16-29-20)8-10-25(14-17-4-2-1-3-5-17)23(27)19-9-11-28-15-19/h1-7,9,11-12,15H,8,10,13-14,16H2,(H,24,26). The molecule has 0 unspecified atom stereocenters. The van der Waals surface area contributed by atoms with E-state index >= 15 is 0 Å². The van der Waals surface area contributed by atoms with Crippen molar-refractivity contribution in [2.75, 3.05) is 13.3 Å². The van der Waals surface area contributed by atoms with Crippen LogP contribution < -0.4 is 14.8 Å². The molecule has 0 atom stereocenters. The second-order valence-corrected chi connectivity index (χ2v) is 6.94. The predicted octanol–water partition coefficient (Wildman–Crippen LogP) is 3.36. The van der Waals surface area contributed by atoms with Crippen LogP contribution in [0.1, 0.15) is 27.9 Å². The van der Waals surface area contributed by atoms with E-state index in [1.54, 1.807) is 11.0 Å². The van der Waals surface area contributed by atoms with Gasteiger partial charge in [-0.3, -0.25) is 9.59 Å².